The van der Waals surface area contributed by atoms with E-state index in [9.17, 15) is 14.1 Å². The number of ether oxygens (including phenoxy) is 1. The topological polar surface area (TPSA) is 124 Å². The van der Waals surface area contributed by atoms with E-state index in [0.717, 1.165) is 0 Å². The Bertz CT molecular complexity index is 916. The van der Waals surface area contributed by atoms with Gasteiger partial charge in [-0.25, -0.2) is 19.3 Å². The zero-order chi connectivity index (χ0) is 16.8. The second kappa shape index (κ2) is 5.87. The molecule has 5 atom stereocenters. The van der Waals surface area contributed by atoms with E-state index in [1.54, 1.807) is 16.8 Å². The molecule has 0 saturated carbocycles. The molecule has 0 radical (unpaired) electrons. The standard InChI is InChI=1S/C12H13FN5O5P/c13-7-9(23-24(20)21)6(3-19)22-12(7)18-5-15-8-10-14-1-2-17(10)4-16-11(8)18/h1-2,4-7,9,12,19,24H,3H2,(H,20,21)/t6-,7-,9-,12-/m1/s1. The zero-order valence-corrected chi connectivity index (χ0v) is 13.1. The summed E-state index contributed by atoms with van der Waals surface area (Å²) in [5.41, 5.74) is 1.35. The van der Waals surface area contributed by atoms with Crippen molar-refractivity contribution in [2.75, 3.05) is 6.61 Å². The van der Waals surface area contributed by atoms with Gasteiger partial charge in [0, 0.05) is 12.4 Å². The molecule has 1 fully saturated rings. The number of hydrogen-bond acceptors (Lipinski definition) is 7. The predicted molar refractivity (Wildman–Crippen MR) is 78.3 cm³/mol. The fraction of sp³-hybridized carbons (Fsp3) is 0.417. The monoisotopic (exact) mass is 357 g/mol. The van der Waals surface area contributed by atoms with Gasteiger partial charge < -0.3 is 19.3 Å². The normalized spacial score (nSPS) is 28.8. The Balaban J connectivity index is 1.75. The summed E-state index contributed by atoms with van der Waals surface area (Å²) in [5.74, 6) is 0. The van der Waals surface area contributed by atoms with Gasteiger partial charge in [0.05, 0.1) is 12.9 Å². The first kappa shape index (κ1) is 15.6. The molecule has 1 saturated heterocycles. The molecular formula is C12H13FN5O5P. The number of aliphatic hydroxyl groups excluding tert-OH is 1. The summed E-state index contributed by atoms with van der Waals surface area (Å²) in [5, 5.41) is 9.31. The van der Waals surface area contributed by atoms with Gasteiger partial charge in [-0.15, -0.1) is 0 Å². The third kappa shape index (κ3) is 2.33. The third-order valence-corrected chi connectivity index (χ3v) is 4.38. The number of alkyl halides is 1. The largest absolute Gasteiger partial charge is 0.394 e. The second-order valence-corrected chi connectivity index (χ2v) is 6.03. The van der Waals surface area contributed by atoms with Gasteiger partial charge in [-0.05, 0) is 0 Å². The lowest BCUT2D eigenvalue weighted by Gasteiger charge is -2.16. The molecule has 3 aromatic heterocycles. The summed E-state index contributed by atoms with van der Waals surface area (Å²) in [7, 11) is -3.38. The van der Waals surface area contributed by atoms with Crippen LogP contribution in [-0.4, -0.2) is 58.9 Å². The van der Waals surface area contributed by atoms with Gasteiger partial charge >= 0.3 is 8.25 Å². The van der Waals surface area contributed by atoms with Crippen LogP contribution in [0.1, 0.15) is 6.23 Å². The molecule has 0 bridgehead atoms. The summed E-state index contributed by atoms with van der Waals surface area (Å²) in [6.45, 7) is -0.554. The Morgan fingerprint density at radius 1 is 1.33 bits per heavy atom. The summed E-state index contributed by atoms with van der Waals surface area (Å²) in [4.78, 5) is 21.5. The number of rotatable bonds is 4. The van der Waals surface area contributed by atoms with Crippen molar-refractivity contribution >= 4 is 25.1 Å². The fourth-order valence-corrected chi connectivity index (χ4v) is 3.37. The maximum absolute atomic E-state index is 14.7. The van der Waals surface area contributed by atoms with Gasteiger partial charge in [-0.2, -0.15) is 0 Å². The molecule has 0 aliphatic carbocycles. The van der Waals surface area contributed by atoms with Crippen LogP contribution in [0.2, 0.25) is 0 Å². The molecule has 4 rings (SSSR count). The Morgan fingerprint density at radius 2 is 2.17 bits per heavy atom. The van der Waals surface area contributed by atoms with Crippen molar-refractivity contribution in [2.24, 2.45) is 0 Å². The molecular weight excluding hydrogens is 344 g/mol. The molecule has 4 heterocycles. The van der Waals surface area contributed by atoms with Crippen molar-refractivity contribution in [1.82, 2.24) is 23.9 Å². The molecule has 10 nitrogen and oxygen atoms in total. The number of imidazole rings is 2. The van der Waals surface area contributed by atoms with E-state index < -0.39 is 39.5 Å². The quantitative estimate of drug-likeness (QED) is 0.629. The van der Waals surface area contributed by atoms with Gasteiger partial charge in [-0.1, -0.05) is 0 Å². The van der Waals surface area contributed by atoms with Gasteiger partial charge in [0.2, 0.25) is 0 Å². The zero-order valence-electron chi connectivity index (χ0n) is 12.1. The number of halogens is 1. The van der Waals surface area contributed by atoms with Crippen molar-refractivity contribution in [2.45, 2.75) is 24.6 Å². The first-order valence-electron chi connectivity index (χ1n) is 7.04. The van der Waals surface area contributed by atoms with E-state index in [1.165, 1.54) is 17.2 Å². The molecule has 0 aromatic carbocycles. The van der Waals surface area contributed by atoms with Crippen LogP contribution in [0.5, 0.6) is 0 Å². The second-order valence-electron chi connectivity index (χ2n) is 5.27. The first-order valence-corrected chi connectivity index (χ1v) is 8.30. The number of aliphatic hydroxyl groups is 1. The highest BCUT2D eigenvalue weighted by atomic mass is 31.1. The van der Waals surface area contributed by atoms with Crippen LogP contribution in [-0.2, 0) is 13.8 Å². The lowest BCUT2D eigenvalue weighted by Crippen LogP contribution is -2.32. The van der Waals surface area contributed by atoms with E-state index in [2.05, 4.69) is 15.0 Å². The Hall–Kier alpha value is -1.91. The molecule has 0 amide bonds. The van der Waals surface area contributed by atoms with Gasteiger partial charge in [0.25, 0.3) is 0 Å². The predicted octanol–water partition coefficient (Wildman–Crippen LogP) is 0.0740. The molecule has 12 heteroatoms. The Kier molecular flexibility index (Phi) is 3.82. The van der Waals surface area contributed by atoms with Crippen molar-refractivity contribution in [3.05, 3.63) is 25.0 Å². The highest BCUT2D eigenvalue weighted by molar-refractivity contribution is 7.32. The summed E-state index contributed by atoms with van der Waals surface area (Å²) < 4.78 is 38.8. The molecule has 1 aliphatic rings. The number of aromatic nitrogens is 5. The van der Waals surface area contributed by atoms with Crippen molar-refractivity contribution < 1.29 is 28.2 Å². The summed E-state index contributed by atoms with van der Waals surface area (Å²) >= 11 is 0. The van der Waals surface area contributed by atoms with Gasteiger partial charge in [-0.3, -0.25) is 13.5 Å². The summed E-state index contributed by atoms with van der Waals surface area (Å²) in [6.07, 6.45) is 0.751. The van der Waals surface area contributed by atoms with E-state index in [1.807, 2.05) is 0 Å². The molecule has 1 aliphatic heterocycles. The number of fused-ring (bicyclic) bond motifs is 3. The number of hydrogen-bond donors (Lipinski definition) is 2. The van der Waals surface area contributed by atoms with Crippen LogP contribution in [0.3, 0.4) is 0 Å². The summed E-state index contributed by atoms with van der Waals surface area (Å²) in [6, 6.07) is 0. The van der Waals surface area contributed by atoms with Crippen molar-refractivity contribution in [1.29, 1.82) is 0 Å². The lowest BCUT2D eigenvalue weighted by molar-refractivity contribution is -0.0436. The fourth-order valence-electron chi connectivity index (χ4n) is 2.86. The van der Waals surface area contributed by atoms with E-state index >= 15 is 0 Å². The smallest absolute Gasteiger partial charge is 0.317 e. The maximum Gasteiger partial charge on any atom is 0.317 e. The Labute approximate surface area is 134 Å². The van der Waals surface area contributed by atoms with Crippen molar-refractivity contribution in [3.8, 4) is 0 Å². The van der Waals surface area contributed by atoms with Crippen LogP contribution in [0, 0.1) is 0 Å². The minimum atomic E-state index is -3.38. The van der Waals surface area contributed by atoms with Crippen LogP contribution in [0.15, 0.2) is 25.0 Å². The number of nitrogens with zero attached hydrogens (tertiary/aromatic N) is 5. The van der Waals surface area contributed by atoms with Gasteiger partial charge in [0.1, 0.15) is 18.5 Å². The Morgan fingerprint density at radius 3 is 2.92 bits per heavy atom. The van der Waals surface area contributed by atoms with E-state index in [4.69, 9.17) is 14.2 Å². The third-order valence-electron chi connectivity index (χ3n) is 3.91. The highest BCUT2D eigenvalue weighted by Gasteiger charge is 2.48. The van der Waals surface area contributed by atoms with Crippen LogP contribution in [0.4, 0.5) is 4.39 Å². The minimum Gasteiger partial charge on any atom is -0.394 e. The SMILES string of the molecule is O=[PH](O)O[C@H]1[C@@H](F)[C@H](n2cnc3c2ncn2ccnc32)O[C@@H]1CO. The molecule has 24 heavy (non-hydrogen) atoms. The van der Waals surface area contributed by atoms with Gasteiger partial charge in [0.15, 0.2) is 29.2 Å². The molecule has 128 valence electrons. The van der Waals surface area contributed by atoms with Crippen molar-refractivity contribution in [3.63, 3.8) is 0 Å². The molecule has 3 aromatic rings. The van der Waals surface area contributed by atoms with E-state index in [0.29, 0.717) is 16.8 Å². The molecule has 1 unspecified atom stereocenters. The lowest BCUT2D eigenvalue weighted by atomic mass is 10.1. The molecule has 0 spiro atoms. The average molecular weight is 357 g/mol. The first-order chi connectivity index (χ1) is 11.6. The maximum atomic E-state index is 14.7. The highest BCUT2D eigenvalue weighted by Crippen LogP contribution is 2.38. The van der Waals surface area contributed by atoms with E-state index in [-0.39, 0.29) is 0 Å². The van der Waals surface area contributed by atoms with Crippen LogP contribution < -0.4 is 0 Å². The average Bonchev–Trinajstić information content (AvgIpc) is 3.24. The molecule has 2 N–H and O–H groups in total. The van der Waals surface area contributed by atoms with Crippen LogP contribution >= 0.6 is 8.25 Å². The van der Waals surface area contributed by atoms with Crippen LogP contribution in [0.25, 0.3) is 16.8 Å². The minimum absolute atomic E-state index is 0.343.